The number of thiophene rings is 2. The van der Waals surface area contributed by atoms with Crippen molar-refractivity contribution >= 4 is 37.9 Å². The minimum absolute atomic E-state index is 0.355. The Morgan fingerprint density at radius 1 is 1.40 bits per heavy atom. The van der Waals surface area contributed by atoms with Crippen LogP contribution in [0.4, 0.5) is 0 Å². The van der Waals surface area contributed by atoms with Gasteiger partial charge in [-0.25, -0.2) is 0 Å². The Labute approximate surface area is 96.7 Å². The van der Waals surface area contributed by atoms with Crippen molar-refractivity contribution in [2.24, 2.45) is 5.92 Å². The van der Waals surface area contributed by atoms with Crippen molar-refractivity contribution in [1.29, 1.82) is 0 Å². The summed E-state index contributed by atoms with van der Waals surface area (Å²) in [7, 11) is 0. The van der Waals surface area contributed by atoms with Crippen LogP contribution in [0, 0.1) is 5.92 Å². The zero-order valence-corrected chi connectivity index (χ0v) is 10.00. The molecule has 3 heteroatoms. The molecule has 0 saturated heterocycles. The summed E-state index contributed by atoms with van der Waals surface area (Å²) in [6.45, 7) is 0. The lowest BCUT2D eigenvalue weighted by Gasteiger charge is -2.23. The zero-order valence-electron chi connectivity index (χ0n) is 8.36. The minimum atomic E-state index is 0.355. The second-order valence-corrected chi connectivity index (χ2v) is 6.22. The van der Waals surface area contributed by atoms with Gasteiger partial charge >= 0.3 is 0 Å². The summed E-state index contributed by atoms with van der Waals surface area (Å²) in [6, 6.07) is 4.16. The molecule has 0 N–H and O–H groups in total. The molecule has 1 aliphatic rings. The summed E-state index contributed by atoms with van der Waals surface area (Å²) in [6.07, 6.45) is 4.60. The Bertz CT molecular complexity index is 462. The Hall–Kier alpha value is -0.670. The van der Waals surface area contributed by atoms with Crippen LogP contribution in [0.15, 0.2) is 17.5 Å². The van der Waals surface area contributed by atoms with E-state index < -0.39 is 0 Å². The number of rotatable bonds is 3. The van der Waals surface area contributed by atoms with E-state index in [2.05, 4.69) is 17.5 Å². The van der Waals surface area contributed by atoms with E-state index in [1.807, 2.05) is 0 Å². The first-order chi connectivity index (χ1) is 7.33. The van der Waals surface area contributed by atoms with E-state index in [9.17, 15) is 4.79 Å². The van der Waals surface area contributed by atoms with Crippen molar-refractivity contribution < 1.29 is 4.79 Å². The Kier molecular flexibility index (Phi) is 2.37. The zero-order chi connectivity index (χ0) is 10.3. The first-order valence-corrected chi connectivity index (χ1v) is 7.03. The molecule has 78 valence electrons. The number of carbonyl (C=O) groups excluding carboxylic acids is 1. The molecule has 0 spiro atoms. The molecular weight excluding hydrogens is 224 g/mol. The van der Waals surface area contributed by atoms with Crippen LogP contribution >= 0.6 is 22.7 Å². The summed E-state index contributed by atoms with van der Waals surface area (Å²) >= 11 is 3.37. The molecule has 15 heavy (non-hydrogen) atoms. The molecule has 0 unspecified atom stereocenters. The number of ketones is 1. The van der Waals surface area contributed by atoms with Gasteiger partial charge < -0.3 is 0 Å². The molecular formula is C12H12OS2. The largest absolute Gasteiger partial charge is 0.293 e. The average Bonchev–Trinajstić information content (AvgIpc) is 2.69. The Morgan fingerprint density at radius 2 is 2.27 bits per heavy atom. The molecule has 1 aliphatic carbocycles. The van der Waals surface area contributed by atoms with Gasteiger partial charge in [-0.15, -0.1) is 22.7 Å². The van der Waals surface area contributed by atoms with Crippen molar-refractivity contribution in [3.8, 4) is 0 Å². The molecule has 1 saturated carbocycles. The quantitative estimate of drug-likeness (QED) is 0.725. The fourth-order valence-corrected chi connectivity index (χ4v) is 4.02. The predicted molar refractivity (Wildman–Crippen MR) is 66.0 cm³/mol. The maximum Gasteiger partial charge on any atom is 0.173 e. The summed E-state index contributed by atoms with van der Waals surface area (Å²) in [4.78, 5) is 12.9. The smallest absolute Gasteiger partial charge is 0.173 e. The van der Waals surface area contributed by atoms with E-state index in [1.165, 1.54) is 28.7 Å². The number of fused-ring (bicyclic) bond motifs is 1. The van der Waals surface area contributed by atoms with Gasteiger partial charge in [0.25, 0.3) is 0 Å². The maximum atomic E-state index is 11.9. The second kappa shape index (κ2) is 3.72. The molecule has 2 aromatic heterocycles. The fraction of sp³-hybridized carbons (Fsp3) is 0.417. The molecule has 0 radical (unpaired) electrons. The third-order valence-electron chi connectivity index (χ3n) is 3.11. The maximum absolute atomic E-state index is 11.9. The molecule has 0 aromatic carbocycles. The highest BCUT2D eigenvalue weighted by Crippen LogP contribution is 2.34. The molecule has 3 rings (SSSR count). The third-order valence-corrected chi connectivity index (χ3v) is 5.25. The normalized spacial score (nSPS) is 16.8. The highest BCUT2D eigenvalue weighted by atomic mass is 32.1. The van der Waals surface area contributed by atoms with E-state index in [0.717, 1.165) is 11.3 Å². The molecule has 0 bridgehead atoms. The van der Waals surface area contributed by atoms with Crippen molar-refractivity contribution in [3.63, 3.8) is 0 Å². The van der Waals surface area contributed by atoms with Crippen LogP contribution in [-0.2, 0) is 0 Å². The molecule has 1 nitrogen and oxygen atoms in total. The van der Waals surface area contributed by atoms with Gasteiger partial charge in [-0.2, -0.15) is 0 Å². The van der Waals surface area contributed by atoms with Crippen LogP contribution in [0.3, 0.4) is 0 Å². The summed E-state index contributed by atoms with van der Waals surface area (Å²) in [5, 5.41) is 2.08. The summed E-state index contributed by atoms with van der Waals surface area (Å²) in [5.41, 5.74) is 0. The third kappa shape index (κ3) is 1.74. The lowest BCUT2D eigenvalue weighted by Crippen LogP contribution is -2.15. The molecule has 2 heterocycles. The first kappa shape index (κ1) is 9.55. The van der Waals surface area contributed by atoms with Crippen molar-refractivity contribution in [2.45, 2.75) is 25.7 Å². The van der Waals surface area contributed by atoms with Gasteiger partial charge in [-0.05, 0) is 23.4 Å². The number of hydrogen-bond acceptors (Lipinski definition) is 3. The van der Waals surface area contributed by atoms with Gasteiger partial charge in [0.05, 0.1) is 4.88 Å². The van der Waals surface area contributed by atoms with Crippen LogP contribution < -0.4 is 0 Å². The number of Topliss-reactive ketones (excluding diaryl/α,β-unsaturated/α-hetero) is 1. The Morgan fingerprint density at radius 3 is 2.93 bits per heavy atom. The highest BCUT2D eigenvalue weighted by Gasteiger charge is 2.22. The van der Waals surface area contributed by atoms with Gasteiger partial charge in [0.1, 0.15) is 0 Å². The molecule has 0 amide bonds. The van der Waals surface area contributed by atoms with Gasteiger partial charge in [0, 0.05) is 15.8 Å². The lowest BCUT2D eigenvalue weighted by molar-refractivity contribution is 0.0940. The monoisotopic (exact) mass is 236 g/mol. The van der Waals surface area contributed by atoms with Crippen molar-refractivity contribution in [2.75, 3.05) is 0 Å². The lowest BCUT2D eigenvalue weighted by atomic mass is 9.82. The van der Waals surface area contributed by atoms with E-state index in [-0.39, 0.29) is 0 Å². The van der Waals surface area contributed by atoms with E-state index in [0.29, 0.717) is 11.7 Å². The topological polar surface area (TPSA) is 17.1 Å². The standard InChI is InChI=1S/C12H12OS2/c13-9(6-8-2-1-3-8)11-7-12-10(15-11)4-5-14-12/h4-5,7-8H,1-3,6H2. The fourth-order valence-electron chi connectivity index (χ4n) is 1.96. The average molecular weight is 236 g/mol. The van der Waals surface area contributed by atoms with Crippen molar-refractivity contribution in [1.82, 2.24) is 0 Å². The van der Waals surface area contributed by atoms with Crippen LogP contribution in [-0.4, -0.2) is 5.78 Å². The summed E-state index contributed by atoms with van der Waals surface area (Å²) in [5.74, 6) is 1.03. The molecule has 1 fully saturated rings. The number of hydrogen-bond donors (Lipinski definition) is 0. The highest BCUT2D eigenvalue weighted by molar-refractivity contribution is 7.27. The molecule has 0 atom stereocenters. The predicted octanol–water partition coefficient (Wildman–Crippen LogP) is 4.34. The van der Waals surface area contributed by atoms with Gasteiger partial charge in [-0.3, -0.25) is 4.79 Å². The SMILES string of the molecule is O=C(CC1CCC1)c1cc2sccc2s1. The Balaban J connectivity index is 1.80. The number of carbonyl (C=O) groups is 1. The van der Waals surface area contributed by atoms with Crippen molar-refractivity contribution in [3.05, 3.63) is 22.4 Å². The van der Waals surface area contributed by atoms with Crippen LogP contribution in [0.25, 0.3) is 9.40 Å². The molecule has 0 aliphatic heterocycles. The van der Waals surface area contributed by atoms with E-state index in [1.54, 1.807) is 22.7 Å². The van der Waals surface area contributed by atoms with Gasteiger partial charge in [0.15, 0.2) is 5.78 Å². The van der Waals surface area contributed by atoms with Crippen LogP contribution in [0.2, 0.25) is 0 Å². The minimum Gasteiger partial charge on any atom is -0.293 e. The van der Waals surface area contributed by atoms with Gasteiger partial charge in [-0.1, -0.05) is 19.3 Å². The van der Waals surface area contributed by atoms with Crippen LogP contribution in [0.5, 0.6) is 0 Å². The van der Waals surface area contributed by atoms with Crippen LogP contribution in [0.1, 0.15) is 35.4 Å². The first-order valence-electron chi connectivity index (χ1n) is 5.33. The van der Waals surface area contributed by atoms with Gasteiger partial charge in [0.2, 0.25) is 0 Å². The second-order valence-electron chi connectivity index (χ2n) is 4.18. The van der Waals surface area contributed by atoms with E-state index >= 15 is 0 Å². The summed E-state index contributed by atoms with van der Waals surface area (Å²) < 4.78 is 2.52. The molecule has 2 aromatic rings. The van der Waals surface area contributed by atoms with E-state index in [4.69, 9.17) is 0 Å².